The summed E-state index contributed by atoms with van der Waals surface area (Å²) in [4.78, 5) is 18.0. The van der Waals surface area contributed by atoms with Crippen LogP contribution in [0.5, 0.6) is 0 Å². The van der Waals surface area contributed by atoms with E-state index in [4.69, 9.17) is 0 Å². The van der Waals surface area contributed by atoms with Crippen LogP contribution >= 0.6 is 0 Å². The summed E-state index contributed by atoms with van der Waals surface area (Å²) in [5, 5.41) is 9.91. The highest BCUT2D eigenvalue weighted by atomic mass is 19.4. The fraction of sp³-hybridized carbons (Fsp3) is 0.200. The van der Waals surface area contributed by atoms with Gasteiger partial charge >= 0.3 is 12.4 Å². The van der Waals surface area contributed by atoms with Gasteiger partial charge in [0.15, 0.2) is 0 Å². The Morgan fingerprint density at radius 1 is 0.857 bits per heavy atom. The number of aryl methyl sites for hydroxylation is 1. The van der Waals surface area contributed by atoms with Crippen LogP contribution in [0, 0.1) is 6.92 Å². The second kappa shape index (κ2) is 8.53. The van der Waals surface area contributed by atoms with Crippen molar-refractivity contribution < 1.29 is 31.4 Å². The molecule has 0 radical (unpaired) electrons. The van der Waals surface area contributed by atoms with Crippen molar-refractivity contribution in [1.82, 2.24) is 9.55 Å². The topological polar surface area (TPSA) is 55.1 Å². The first-order valence-corrected chi connectivity index (χ1v) is 10.4. The molecule has 4 aromatic rings. The summed E-state index contributed by atoms with van der Waals surface area (Å²) in [6.45, 7) is 1.77. The van der Waals surface area contributed by atoms with Crippen molar-refractivity contribution in [2.45, 2.75) is 31.3 Å². The normalized spacial score (nSPS) is 12.8. The molecular formula is C25H18F6N2O2. The van der Waals surface area contributed by atoms with Crippen molar-refractivity contribution in [3.63, 3.8) is 0 Å². The summed E-state index contributed by atoms with van der Waals surface area (Å²) in [6.07, 6.45) is -11.8. The van der Waals surface area contributed by atoms with Gasteiger partial charge in [-0.05, 0) is 36.8 Å². The number of aromatic nitrogens is 2. The van der Waals surface area contributed by atoms with Gasteiger partial charge in [-0.2, -0.15) is 26.3 Å². The average Bonchev–Trinajstić information content (AvgIpc) is 2.79. The lowest BCUT2D eigenvalue weighted by Crippen LogP contribution is -2.53. The van der Waals surface area contributed by atoms with E-state index in [1.807, 2.05) is 0 Å². The lowest BCUT2D eigenvalue weighted by molar-refractivity contribution is -0.376. The molecule has 4 nitrogen and oxygen atoms in total. The molecule has 3 aromatic carbocycles. The number of hydrogen-bond acceptors (Lipinski definition) is 3. The van der Waals surface area contributed by atoms with Crippen LogP contribution < -0.4 is 5.56 Å². The second-order valence-corrected chi connectivity index (χ2v) is 8.10. The van der Waals surface area contributed by atoms with E-state index in [0.29, 0.717) is 17.6 Å². The molecule has 0 atom stereocenters. The standard InChI is InChI=1S/C25H18F6N2O2/c1-15-7-12-20-19(13-15)22(34)33(21(32-20)14-16-5-3-2-4-6-16)18-10-8-17(9-11-18)23(35,24(26,27)28)25(29,30)31/h2-13,35H,14H2,1H3. The Hall–Kier alpha value is -3.66. The molecule has 0 aliphatic heterocycles. The highest BCUT2D eigenvalue weighted by Crippen LogP contribution is 2.50. The van der Waals surface area contributed by atoms with Crippen molar-refractivity contribution in [2.75, 3.05) is 0 Å². The van der Waals surface area contributed by atoms with Crippen LogP contribution in [0.2, 0.25) is 0 Å². The fourth-order valence-electron chi connectivity index (χ4n) is 3.85. The predicted molar refractivity (Wildman–Crippen MR) is 117 cm³/mol. The molecule has 1 N–H and O–H groups in total. The maximum Gasteiger partial charge on any atom is 0.430 e. The van der Waals surface area contributed by atoms with Crippen molar-refractivity contribution in [2.24, 2.45) is 0 Å². The van der Waals surface area contributed by atoms with E-state index in [0.717, 1.165) is 27.8 Å². The molecule has 0 aliphatic carbocycles. The largest absolute Gasteiger partial charge is 0.430 e. The maximum absolute atomic E-state index is 13.4. The number of alkyl halides is 6. The summed E-state index contributed by atoms with van der Waals surface area (Å²) in [7, 11) is 0. The molecule has 35 heavy (non-hydrogen) atoms. The molecular weight excluding hydrogens is 474 g/mol. The summed E-state index contributed by atoms with van der Waals surface area (Å²) in [5.74, 6) is 0.243. The minimum atomic E-state index is -6.01. The van der Waals surface area contributed by atoms with E-state index < -0.39 is 29.1 Å². The van der Waals surface area contributed by atoms with Crippen LogP contribution in [-0.2, 0) is 12.0 Å². The molecule has 0 aliphatic rings. The molecule has 0 fully saturated rings. The first kappa shape index (κ1) is 24.5. The van der Waals surface area contributed by atoms with E-state index >= 15 is 0 Å². The summed E-state index contributed by atoms with van der Waals surface area (Å²) < 4.78 is 80.7. The van der Waals surface area contributed by atoms with Gasteiger partial charge in [0, 0.05) is 12.0 Å². The summed E-state index contributed by atoms with van der Waals surface area (Å²) >= 11 is 0. The Morgan fingerprint density at radius 2 is 1.46 bits per heavy atom. The minimum Gasteiger partial charge on any atom is -0.369 e. The molecule has 0 saturated heterocycles. The molecule has 0 saturated carbocycles. The zero-order chi connectivity index (χ0) is 25.6. The molecule has 0 bridgehead atoms. The zero-order valence-electron chi connectivity index (χ0n) is 18.2. The highest BCUT2D eigenvalue weighted by molar-refractivity contribution is 5.78. The number of hydrogen-bond donors (Lipinski definition) is 1. The van der Waals surface area contributed by atoms with Gasteiger partial charge in [0.2, 0.25) is 0 Å². The van der Waals surface area contributed by atoms with Gasteiger partial charge in [-0.1, -0.05) is 54.1 Å². The smallest absolute Gasteiger partial charge is 0.369 e. The lowest BCUT2D eigenvalue weighted by atomic mass is 9.92. The number of aliphatic hydroxyl groups is 1. The predicted octanol–water partition coefficient (Wildman–Crippen LogP) is 5.60. The van der Waals surface area contributed by atoms with Crippen molar-refractivity contribution in [3.05, 3.63) is 106 Å². The van der Waals surface area contributed by atoms with Crippen LogP contribution in [0.15, 0.2) is 77.6 Å². The average molecular weight is 492 g/mol. The first-order chi connectivity index (χ1) is 16.3. The summed E-state index contributed by atoms with van der Waals surface area (Å²) in [6, 6.07) is 16.9. The van der Waals surface area contributed by atoms with Crippen molar-refractivity contribution >= 4 is 10.9 Å². The molecule has 1 aromatic heterocycles. The van der Waals surface area contributed by atoms with Gasteiger partial charge < -0.3 is 5.11 Å². The van der Waals surface area contributed by atoms with Gasteiger partial charge in [0.05, 0.1) is 16.6 Å². The number of rotatable bonds is 4. The molecule has 1 heterocycles. The van der Waals surface area contributed by atoms with Crippen molar-refractivity contribution in [1.29, 1.82) is 0 Å². The first-order valence-electron chi connectivity index (χ1n) is 10.4. The lowest BCUT2D eigenvalue weighted by Gasteiger charge is -2.32. The van der Waals surface area contributed by atoms with Crippen LogP contribution in [-0.4, -0.2) is 27.0 Å². The molecule has 182 valence electrons. The van der Waals surface area contributed by atoms with Crippen LogP contribution in [0.1, 0.15) is 22.5 Å². The Balaban J connectivity index is 1.91. The Bertz CT molecular complexity index is 1410. The molecule has 4 rings (SSSR count). The van der Waals surface area contributed by atoms with E-state index in [1.54, 1.807) is 55.5 Å². The SMILES string of the molecule is Cc1ccc2nc(Cc3ccccc3)n(-c3ccc(C(O)(C(F)(F)F)C(F)(F)F)cc3)c(=O)c2c1. The number of benzene rings is 3. The third kappa shape index (κ3) is 4.29. The fourth-order valence-corrected chi connectivity index (χ4v) is 3.85. The molecule has 0 unspecified atom stereocenters. The molecule has 0 amide bonds. The monoisotopic (exact) mass is 492 g/mol. The zero-order valence-corrected chi connectivity index (χ0v) is 18.2. The number of halogens is 6. The molecule has 10 heteroatoms. The van der Waals surface area contributed by atoms with Crippen LogP contribution in [0.3, 0.4) is 0 Å². The van der Waals surface area contributed by atoms with Crippen LogP contribution in [0.25, 0.3) is 16.6 Å². The molecule has 0 spiro atoms. The van der Waals surface area contributed by atoms with E-state index in [2.05, 4.69) is 4.98 Å². The third-order valence-electron chi connectivity index (χ3n) is 5.66. The maximum atomic E-state index is 13.4. The van der Waals surface area contributed by atoms with Crippen molar-refractivity contribution in [3.8, 4) is 5.69 Å². The Kier molecular flexibility index (Phi) is 5.96. The van der Waals surface area contributed by atoms with E-state index in [-0.39, 0.29) is 23.3 Å². The van der Waals surface area contributed by atoms with Gasteiger partial charge in [-0.15, -0.1) is 0 Å². The van der Waals surface area contributed by atoms with Gasteiger partial charge in [-0.25, -0.2) is 4.98 Å². The number of fused-ring (bicyclic) bond motifs is 1. The van der Waals surface area contributed by atoms with E-state index in [9.17, 15) is 36.2 Å². The highest BCUT2D eigenvalue weighted by Gasteiger charge is 2.71. The summed E-state index contributed by atoms with van der Waals surface area (Å²) in [5.41, 5.74) is -5.03. The Morgan fingerprint density at radius 3 is 2.03 bits per heavy atom. The quantitative estimate of drug-likeness (QED) is 0.378. The second-order valence-electron chi connectivity index (χ2n) is 8.10. The van der Waals surface area contributed by atoms with Gasteiger partial charge in [0.25, 0.3) is 11.2 Å². The minimum absolute atomic E-state index is 0.00675. The van der Waals surface area contributed by atoms with Gasteiger partial charge in [0.1, 0.15) is 5.82 Å². The van der Waals surface area contributed by atoms with Crippen LogP contribution in [0.4, 0.5) is 26.3 Å². The Labute approximate surface area is 195 Å². The number of nitrogens with zero attached hydrogens (tertiary/aromatic N) is 2. The van der Waals surface area contributed by atoms with E-state index in [1.165, 1.54) is 0 Å². The van der Waals surface area contributed by atoms with Gasteiger partial charge in [-0.3, -0.25) is 9.36 Å². The third-order valence-corrected chi connectivity index (χ3v) is 5.66.